The molecule has 1 aliphatic heterocycles. The summed E-state index contributed by atoms with van der Waals surface area (Å²) in [5.41, 5.74) is 1.91. The lowest BCUT2D eigenvalue weighted by atomic mass is 9.91. The number of aromatic carboxylic acids is 1. The van der Waals surface area contributed by atoms with E-state index in [9.17, 15) is 9.90 Å². The number of carbonyl (C=O) groups is 1. The van der Waals surface area contributed by atoms with Gasteiger partial charge >= 0.3 is 5.97 Å². The molecule has 1 N–H and O–H groups in total. The molecule has 0 radical (unpaired) electrons. The molecule has 2 aromatic rings. The van der Waals surface area contributed by atoms with E-state index in [1.54, 1.807) is 20.3 Å². The highest BCUT2D eigenvalue weighted by molar-refractivity contribution is 5.89. The zero-order chi connectivity index (χ0) is 18.1. The Bertz CT molecular complexity index is 814. The quantitative estimate of drug-likeness (QED) is 0.892. The third-order valence-corrected chi connectivity index (χ3v) is 4.48. The van der Waals surface area contributed by atoms with Crippen LogP contribution >= 0.6 is 0 Å². The van der Waals surface area contributed by atoms with Gasteiger partial charge in [0, 0.05) is 11.5 Å². The van der Waals surface area contributed by atoms with E-state index in [-0.39, 0.29) is 17.6 Å². The van der Waals surface area contributed by atoms with Crippen molar-refractivity contribution in [3.8, 4) is 23.0 Å². The van der Waals surface area contributed by atoms with Crippen molar-refractivity contribution < 1.29 is 28.8 Å². The Labute approximate surface area is 145 Å². The smallest absolute Gasteiger partial charge is 0.335 e. The molecule has 6 heteroatoms. The van der Waals surface area contributed by atoms with E-state index in [4.69, 9.17) is 18.9 Å². The molecular weight excluding hydrogens is 324 g/mol. The van der Waals surface area contributed by atoms with Gasteiger partial charge in [0.1, 0.15) is 6.10 Å². The van der Waals surface area contributed by atoms with Crippen molar-refractivity contribution in [2.24, 2.45) is 0 Å². The molecule has 1 aliphatic rings. The first-order valence-corrected chi connectivity index (χ1v) is 7.84. The minimum Gasteiger partial charge on any atom is -0.493 e. The summed E-state index contributed by atoms with van der Waals surface area (Å²) in [7, 11) is 4.66. The number of benzene rings is 2. The highest BCUT2D eigenvalue weighted by Gasteiger charge is 2.36. The number of ether oxygens (including phenoxy) is 4. The summed E-state index contributed by atoms with van der Waals surface area (Å²) in [4.78, 5) is 11.4. The van der Waals surface area contributed by atoms with Gasteiger partial charge in [-0.3, -0.25) is 0 Å². The van der Waals surface area contributed by atoms with Crippen molar-refractivity contribution in [2.75, 3.05) is 21.3 Å². The third kappa shape index (κ3) is 2.84. The van der Waals surface area contributed by atoms with Crippen LogP contribution in [0, 0.1) is 0 Å². The largest absolute Gasteiger partial charge is 0.493 e. The lowest BCUT2D eigenvalue weighted by Crippen LogP contribution is -2.08. The summed E-state index contributed by atoms with van der Waals surface area (Å²) in [6, 6.07) is 8.74. The van der Waals surface area contributed by atoms with Crippen molar-refractivity contribution in [2.45, 2.75) is 18.9 Å². The Kier molecular flexibility index (Phi) is 4.44. The summed E-state index contributed by atoms with van der Waals surface area (Å²) >= 11 is 0. The average molecular weight is 344 g/mol. The second-order valence-electron chi connectivity index (χ2n) is 5.84. The highest BCUT2D eigenvalue weighted by Crippen LogP contribution is 2.51. The summed E-state index contributed by atoms with van der Waals surface area (Å²) in [5, 5.41) is 9.30. The molecular formula is C19H20O6. The molecule has 0 spiro atoms. The van der Waals surface area contributed by atoms with Crippen LogP contribution in [0.1, 0.15) is 40.4 Å². The van der Waals surface area contributed by atoms with Crippen LogP contribution in [0.5, 0.6) is 23.0 Å². The van der Waals surface area contributed by atoms with Crippen molar-refractivity contribution in [3.63, 3.8) is 0 Å². The van der Waals surface area contributed by atoms with Gasteiger partial charge in [0.25, 0.3) is 0 Å². The van der Waals surface area contributed by atoms with Crippen LogP contribution in [0.4, 0.5) is 0 Å². The van der Waals surface area contributed by atoms with E-state index in [1.807, 2.05) is 25.1 Å². The van der Waals surface area contributed by atoms with E-state index in [2.05, 4.69) is 0 Å². The van der Waals surface area contributed by atoms with Crippen LogP contribution in [0.2, 0.25) is 0 Å². The van der Waals surface area contributed by atoms with E-state index in [1.165, 1.54) is 13.2 Å². The lowest BCUT2D eigenvalue weighted by molar-refractivity contribution is 0.0696. The van der Waals surface area contributed by atoms with Crippen LogP contribution in [0.25, 0.3) is 0 Å². The maximum atomic E-state index is 11.4. The highest BCUT2D eigenvalue weighted by atomic mass is 16.5. The predicted octanol–water partition coefficient (Wildman–Crippen LogP) is 3.65. The average Bonchev–Trinajstić information content (AvgIpc) is 2.97. The van der Waals surface area contributed by atoms with E-state index in [0.29, 0.717) is 23.0 Å². The van der Waals surface area contributed by atoms with Gasteiger partial charge < -0.3 is 24.1 Å². The van der Waals surface area contributed by atoms with Crippen molar-refractivity contribution >= 4 is 5.97 Å². The molecule has 0 saturated carbocycles. The summed E-state index contributed by atoms with van der Waals surface area (Å²) in [5.74, 6) is 1.22. The van der Waals surface area contributed by atoms with E-state index >= 15 is 0 Å². The molecule has 0 unspecified atom stereocenters. The molecule has 1 heterocycles. The monoisotopic (exact) mass is 344 g/mol. The molecule has 2 aromatic carbocycles. The Morgan fingerprint density at radius 1 is 1.00 bits per heavy atom. The Balaban J connectivity index is 2.03. The molecule has 0 bridgehead atoms. The van der Waals surface area contributed by atoms with Gasteiger partial charge in [-0.15, -0.1) is 0 Å². The SMILES string of the molecule is COc1ccc([C@H]2Oc3c(OC)cc(C(=O)O)cc3[C@@H]2C)cc1OC. The minimum atomic E-state index is -0.997. The molecule has 25 heavy (non-hydrogen) atoms. The van der Waals surface area contributed by atoms with E-state index in [0.717, 1.165) is 11.1 Å². The first-order chi connectivity index (χ1) is 12.0. The van der Waals surface area contributed by atoms with Gasteiger partial charge in [0.15, 0.2) is 23.0 Å². The minimum absolute atomic E-state index is 0.0405. The standard InChI is InChI=1S/C19H20O6/c1-10-13-7-12(19(20)21)9-16(24-4)18(13)25-17(10)11-5-6-14(22-2)15(8-11)23-3/h5-10,17H,1-4H3,(H,20,21)/t10-,17-/m0/s1. The van der Waals surface area contributed by atoms with Crippen molar-refractivity contribution in [1.82, 2.24) is 0 Å². The number of carboxylic acids is 1. The summed E-state index contributed by atoms with van der Waals surface area (Å²) < 4.78 is 22.1. The zero-order valence-electron chi connectivity index (χ0n) is 14.5. The summed E-state index contributed by atoms with van der Waals surface area (Å²) in [6.45, 7) is 2.00. The predicted molar refractivity (Wildman–Crippen MR) is 91.3 cm³/mol. The van der Waals surface area contributed by atoms with Gasteiger partial charge in [-0.25, -0.2) is 4.79 Å². The van der Waals surface area contributed by atoms with Crippen LogP contribution in [-0.2, 0) is 0 Å². The van der Waals surface area contributed by atoms with Gasteiger partial charge in [-0.2, -0.15) is 0 Å². The second-order valence-corrected chi connectivity index (χ2v) is 5.84. The van der Waals surface area contributed by atoms with Gasteiger partial charge in [-0.05, 0) is 29.8 Å². The van der Waals surface area contributed by atoms with Crippen LogP contribution < -0.4 is 18.9 Å². The molecule has 0 aromatic heterocycles. The molecule has 0 fully saturated rings. The number of methoxy groups -OCH3 is 3. The topological polar surface area (TPSA) is 74.2 Å². The van der Waals surface area contributed by atoms with Crippen LogP contribution in [-0.4, -0.2) is 32.4 Å². The Hall–Kier alpha value is -2.89. The first-order valence-electron chi connectivity index (χ1n) is 7.84. The number of fused-ring (bicyclic) bond motifs is 1. The second kappa shape index (κ2) is 6.55. The van der Waals surface area contributed by atoms with Crippen molar-refractivity contribution in [1.29, 1.82) is 0 Å². The zero-order valence-corrected chi connectivity index (χ0v) is 14.5. The molecule has 6 nitrogen and oxygen atoms in total. The molecule has 132 valence electrons. The first kappa shape index (κ1) is 17.0. The number of hydrogen-bond acceptors (Lipinski definition) is 5. The Morgan fingerprint density at radius 2 is 1.68 bits per heavy atom. The third-order valence-electron chi connectivity index (χ3n) is 4.48. The molecule has 0 saturated heterocycles. The van der Waals surface area contributed by atoms with Crippen LogP contribution in [0.15, 0.2) is 30.3 Å². The normalized spacial score (nSPS) is 18.2. The summed E-state index contributed by atoms with van der Waals surface area (Å²) in [6.07, 6.45) is -0.271. The maximum Gasteiger partial charge on any atom is 0.335 e. The molecule has 0 amide bonds. The fraction of sp³-hybridized carbons (Fsp3) is 0.316. The fourth-order valence-electron chi connectivity index (χ4n) is 3.14. The van der Waals surface area contributed by atoms with Crippen molar-refractivity contribution in [3.05, 3.63) is 47.0 Å². The van der Waals surface area contributed by atoms with Gasteiger partial charge in [0.05, 0.1) is 26.9 Å². The van der Waals surface area contributed by atoms with Gasteiger partial charge in [-0.1, -0.05) is 13.0 Å². The molecule has 2 atom stereocenters. The number of rotatable bonds is 5. The Morgan fingerprint density at radius 3 is 2.28 bits per heavy atom. The number of carboxylic acid groups (broad SMARTS) is 1. The fourth-order valence-corrected chi connectivity index (χ4v) is 3.14. The number of hydrogen-bond donors (Lipinski definition) is 1. The maximum absolute atomic E-state index is 11.4. The van der Waals surface area contributed by atoms with Crippen LogP contribution in [0.3, 0.4) is 0 Å². The van der Waals surface area contributed by atoms with E-state index < -0.39 is 5.97 Å². The lowest BCUT2D eigenvalue weighted by Gasteiger charge is -2.18. The van der Waals surface area contributed by atoms with Gasteiger partial charge in [0.2, 0.25) is 0 Å². The molecule has 3 rings (SSSR count). The molecule has 0 aliphatic carbocycles.